The molecule has 0 aromatic carbocycles. The van der Waals surface area contributed by atoms with Gasteiger partial charge in [-0.3, -0.25) is 4.79 Å². The normalized spacial score (nSPS) is 22.3. The van der Waals surface area contributed by atoms with E-state index in [0.29, 0.717) is 5.78 Å². The van der Waals surface area contributed by atoms with E-state index in [1.807, 2.05) is 12.2 Å². The van der Waals surface area contributed by atoms with Gasteiger partial charge >= 0.3 is 0 Å². The van der Waals surface area contributed by atoms with Crippen LogP contribution in [0.15, 0.2) is 23.8 Å². The summed E-state index contributed by atoms with van der Waals surface area (Å²) < 4.78 is 0. The highest BCUT2D eigenvalue weighted by atomic mass is 16.1. The quantitative estimate of drug-likeness (QED) is 0.553. The second-order valence-electron chi connectivity index (χ2n) is 2.81. The molecule has 0 heterocycles. The van der Waals surface area contributed by atoms with Crippen molar-refractivity contribution in [2.24, 2.45) is 0 Å². The molecule has 0 aromatic rings. The van der Waals surface area contributed by atoms with Crippen LogP contribution in [-0.4, -0.2) is 5.78 Å². The molecule has 0 aromatic heterocycles. The van der Waals surface area contributed by atoms with Gasteiger partial charge in [-0.1, -0.05) is 25.2 Å². The van der Waals surface area contributed by atoms with Crippen molar-refractivity contribution in [2.45, 2.75) is 32.6 Å². The zero-order chi connectivity index (χ0) is 8.10. The Morgan fingerprint density at radius 2 is 2.27 bits per heavy atom. The van der Waals surface area contributed by atoms with Gasteiger partial charge < -0.3 is 0 Å². The number of rotatable bonds is 2. The fourth-order valence-electron chi connectivity index (χ4n) is 1.24. The van der Waals surface area contributed by atoms with E-state index in [1.54, 1.807) is 0 Å². The average Bonchev–Trinajstić information content (AvgIpc) is 2.37. The summed E-state index contributed by atoms with van der Waals surface area (Å²) in [4.78, 5) is 11.1. The van der Waals surface area contributed by atoms with Crippen LogP contribution >= 0.6 is 0 Å². The molecule has 0 spiro atoms. The van der Waals surface area contributed by atoms with E-state index >= 15 is 0 Å². The zero-order valence-electron chi connectivity index (χ0n) is 6.97. The third-order valence-corrected chi connectivity index (χ3v) is 1.88. The van der Waals surface area contributed by atoms with Crippen LogP contribution < -0.4 is 0 Å². The number of Topliss-reactive ketones (excluding diaryl/α,β-unsaturated/α-hetero) is 1. The van der Waals surface area contributed by atoms with E-state index in [9.17, 15) is 4.79 Å². The van der Waals surface area contributed by atoms with Crippen molar-refractivity contribution in [3.63, 3.8) is 0 Å². The Balaban J connectivity index is 2.51. The molecule has 1 aliphatic carbocycles. The molecule has 60 valence electrons. The lowest BCUT2D eigenvalue weighted by Gasteiger charge is -1.87. The number of ketones is 1. The lowest BCUT2D eigenvalue weighted by molar-refractivity contribution is -0.114. The lowest BCUT2D eigenvalue weighted by atomic mass is 10.2. The first kappa shape index (κ1) is 8.25. The zero-order valence-corrected chi connectivity index (χ0v) is 6.97. The Morgan fingerprint density at radius 3 is 2.82 bits per heavy atom. The van der Waals surface area contributed by atoms with Gasteiger partial charge in [-0.05, 0) is 24.8 Å². The van der Waals surface area contributed by atoms with Gasteiger partial charge in [-0.15, -0.1) is 0 Å². The average molecular weight is 150 g/mol. The molecule has 1 heteroatoms. The van der Waals surface area contributed by atoms with Crippen LogP contribution in [0.3, 0.4) is 0 Å². The van der Waals surface area contributed by atoms with Gasteiger partial charge in [0, 0.05) is 6.42 Å². The second-order valence-corrected chi connectivity index (χ2v) is 2.81. The Bertz CT molecular complexity index is 199. The molecular weight excluding hydrogens is 136 g/mol. The molecule has 1 nitrogen and oxygen atoms in total. The van der Waals surface area contributed by atoms with E-state index in [-0.39, 0.29) is 0 Å². The van der Waals surface area contributed by atoms with Crippen LogP contribution in [-0.2, 0) is 4.79 Å². The first-order valence-corrected chi connectivity index (χ1v) is 4.23. The molecule has 0 aliphatic heterocycles. The summed E-state index contributed by atoms with van der Waals surface area (Å²) in [5.74, 6) is 0.339. The highest BCUT2D eigenvalue weighted by Gasteiger charge is 2.15. The molecule has 1 aliphatic rings. The van der Waals surface area contributed by atoms with Crippen molar-refractivity contribution < 1.29 is 4.79 Å². The van der Waals surface area contributed by atoms with Crippen LogP contribution in [0.25, 0.3) is 0 Å². The van der Waals surface area contributed by atoms with Gasteiger partial charge in [0.2, 0.25) is 0 Å². The monoisotopic (exact) mass is 150 g/mol. The standard InChI is InChI=1S/C10H14O/c1-2-3-4-6-9-7-5-8-10(9)11/h3-4,6H,2,5,7-8H2,1H3/b4-3-,9-6+. The van der Waals surface area contributed by atoms with Crippen LogP contribution in [0.1, 0.15) is 32.6 Å². The molecule has 1 saturated carbocycles. The molecule has 1 fully saturated rings. The minimum atomic E-state index is 0.339. The maximum Gasteiger partial charge on any atom is 0.158 e. The van der Waals surface area contributed by atoms with Gasteiger partial charge in [0.25, 0.3) is 0 Å². The third kappa shape index (κ3) is 2.34. The molecule has 0 bridgehead atoms. The van der Waals surface area contributed by atoms with Crippen molar-refractivity contribution in [2.75, 3.05) is 0 Å². The van der Waals surface area contributed by atoms with Crippen LogP contribution in [0.5, 0.6) is 0 Å². The molecule has 0 atom stereocenters. The smallest absolute Gasteiger partial charge is 0.158 e. The summed E-state index contributed by atoms with van der Waals surface area (Å²) in [6.45, 7) is 2.09. The summed E-state index contributed by atoms with van der Waals surface area (Å²) in [6.07, 6.45) is 9.83. The van der Waals surface area contributed by atoms with Gasteiger partial charge in [0.15, 0.2) is 5.78 Å². The summed E-state index contributed by atoms with van der Waals surface area (Å²) in [7, 11) is 0. The molecule has 0 saturated heterocycles. The predicted molar refractivity (Wildman–Crippen MR) is 46.4 cm³/mol. The van der Waals surface area contributed by atoms with Gasteiger partial charge in [0.05, 0.1) is 0 Å². The molecule has 1 rings (SSSR count). The molecule has 11 heavy (non-hydrogen) atoms. The molecule has 0 N–H and O–H groups in total. The van der Waals surface area contributed by atoms with Crippen LogP contribution in [0.4, 0.5) is 0 Å². The fraction of sp³-hybridized carbons (Fsp3) is 0.500. The number of carbonyl (C=O) groups is 1. The first-order valence-electron chi connectivity index (χ1n) is 4.23. The minimum Gasteiger partial charge on any atom is -0.295 e. The van der Waals surface area contributed by atoms with Crippen LogP contribution in [0, 0.1) is 0 Å². The van der Waals surface area contributed by atoms with E-state index in [2.05, 4.69) is 13.0 Å². The number of allylic oxidation sites excluding steroid dienone is 4. The van der Waals surface area contributed by atoms with Crippen LogP contribution in [0.2, 0.25) is 0 Å². The summed E-state index contributed by atoms with van der Waals surface area (Å²) >= 11 is 0. The largest absolute Gasteiger partial charge is 0.295 e. The molecule has 0 amide bonds. The van der Waals surface area contributed by atoms with Crippen molar-refractivity contribution in [1.82, 2.24) is 0 Å². The minimum absolute atomic E-state index is 0.339. The van der Waals surface area contributed by atoms with Gasteiger partial charge in [-0.25, -0.2) is 0 Å². The third-order valence-electron chi connectivity index (χ3n) is 1.88. The highest BCUT2D eigenvalue weighted by Crippen LogP contribution is 2.19. The number of carbonyl (C=O) groups excluding carboxylic acids is 1. The Hall–Kier alpha value is -0.850. The SMILES string of the molecule is CC/C=C\C=C1/CCCC1=O. The van der Waals surface area contributed by atoms with E-state index < -0.39 is 0 Å². The summed E-state index contributed by atoms with van der Waals surface area (Å²) in [5, 5.41) is 0. The number of hydrogen-bond donors (Lipinski definition) is 0. The van der Waals surface area contributed by atoms with Crippen molar-refractivity contribution in [3.8, 4) is 0 Å². The maximum absolute atomic E-state index is 11.1. The Labute approximate surface area is 67.8 Å². The van der Waals surface area contributed by atoms with Crippen molar-refractivity contribution in [3.05, 3.63) is 23.8 Å². The molecular formula is C10H14O. The topological polar surface area (TPSA) is 17.1 Å². The lowest BCUT2D eigenvalue weighted by Crippen LogP contribution is -1.89. The second kappa shape index (κ2) is 4.12. The Morgan fingerprint density at radius 1 is 1.45 bits per heavy atom. The van der Waals surface area contributed by atoms with E-state index in [1.165, 1.54) is 0 Å². The highest BCUT2D eigenvalue weighted by molar-refractivity contribution is 5.97. The fourth-order valence-corrected chi connectivity index (χ4v) is 1.24. The number of hydrogen-bond acceptors (Lipinski definition) is 1. The summed E-state index contributed by atoms with van der Waals surface area (Å²) in [6, 6.07) is 0. The maximum atomic E-state index is 11.1. The van der Waals surface area contributed by atoms with Gasteiger partial charge in [0.1, 0.15) is 0 Å². The van der Waals surface area contributed by atoms with Crippen molar-refractivity contribution in [1.29, 1.82) is 0 Å². The first-order chi connectivity index (χ1) is 5.34. The van der Waals surface area contributed by atoms with Crippen molar-refractivity contribution >= 4 is 5.78 Å². The molecule has 0 radical (unpaired) electrons. The Kier molecular flexibility index (Phi) is 3.09. The van der Waals surface area contributed by atoms with Gasteiger partial charge in [-0.2, -0.15) is 0 Å². The van der Waals surface area contributed by atoms with E-state index in [4.69, 9.17) is 0 Å². The molecule has 0 unspecified atom stereocenters. The van der Waals surface area contributed by atoms with E-state index in [0.717, 1.165) is 31.3 Å². The summed E-state index contributed by atoms with van der Waals surface area (Å²) in [5.41, 5.74) is 1.01. The predicted octanol–water partition coefficient (Wildman–Crippen LogP) is 2.63.